The van der Waals surface area contributed by atoms with Crippen LogP contribution in [0, 0.1) is 0 Å². The molecular formula is C19H14Al2N2. The monoisotopic (exact) mass is 324 g/mol. The maximum atomic E-state index is 3.87. The average Bonchev–Trinajstić information content (AvgIpc) is 3.00. The quantitative estimate of drug-likeness (QED) is 0.476. The predicted octanol–water partition coefficient (Wildman–Crippen LogP) is 2.38. The fourth-order valence-corrected chi connectivity index (χ4v) is 4.37. The number of hydrogen-bond donors (Lipinski definition) is 0. The van der Waals surface area contributed by atoms with Gasteiger partial charge in [-0.15, -0.1) is 0 Å². The van der Waals surface area contributed by atoms with Crippen LogP contribution in [0.1, 0.15) is 6.92 Å². The number of rotatable bonds is 1. The Labute approximate surface area is 151 Å². The Bertz CT molecular complexity index is 1210. The first-order valence-corrected chi connectivity index (χ1v) is 8.57. The van der Waals surface area contributed by atoms with E-state index in [0.29, 0.717) is 0 Å². The first-order valence-electron chi connectivity index (χ1n) is 7.54. The molecule has 0 N–H and O–H groups in total. The zero-order valence-electron chi connectivity index (χ0n) is 13.0. The highest BCUT2D eigenvalue weighted by Gasteiger charge is 2.10. The van der Waals surface area contributed by atoms with Crippen LogP contribution in [-0.2, 0) is 0 Å². The lowest BCUT2D eigenvalue weighted by Gasteiger charge is -2.02. The third kappa shape index (κ3) is 2.01. The van der Waals surface area contributed by atoms with Crippen LogP contribution in [0.3, 0.4) is 0 Å². The molecule has 2 aromatic heterocycles. The molecular weight excluding hydrogens is 310 g/mol. The van der Waals surface area contributed by atoms with Gasteiger partial charge in [-0.05, 0) is 25.1 Å². The van der Waals surface area contributed by atoms with E-state index in [0.717, 1.165) is 0 Å². The van der Waals surface area contributed by atoms with Crippen LogP contribution in [-0.4, -0.2) is 40.1 Å². The summed E-state index contributed by atoms with van der Waals surface area (Å²) in [5, 5.41) is 6.20. The largest absolute Gasteiger partial charge is 0.452 e. The van der Waals surface area contributed by atoms with Crippen molar-refractivity contribution in [1.82, 2.24) is 7.10 Å². The zero-order chi connectivity index (χ0) is 16.1. The van der Waals surface area contributed by atoms with Crippen molar-refractivity contribution in [3.05, 3.63) is 59.6 Å². The third-order valence-electron chi connectivity index (χ3n) is 4.47. The maximum Gasteiger partial charge on any atom is 0.318 e. The fraction of sp³-hybridized carbons (Fsp3) is 0.0526. The molecule has 4 heteroatoms. The van der Waals surface area contributed by atoms with E-state index in [-0.39, 0.29) is 0 Å². The number of hydrogen-bond acceptors (Lipinski definition) is 0. The standard InChI is InChI=1S/C19H14N2.2Al/c1-3-7-12-14-10-19-15(11-18(14)20-16(12)4-2)13-8-5-6-9-17(13)21-19;;/h3-11H,1H2,2H3;;/q-2;2*+1/b12-7-,16-4+;;. The molecule has 4 rings (SSSR count). The van der Waals surface area contributed by atoms with E-state index < -0.39 is 0 Å². The van der Waals surface area contributed by atoms with Gasteiger partial charge in [-0.2, -0.15) is 0 Å². The minimum Gasteiger partial charge on any atom is -0.452 e. The number of benzene rings is 2. The van der Waals surface area contributed by atoms with Crippen molar-refractivity contribution in [3.8, 4) is 0 Å². The van der Waals surface area contributed by atoms with Crippen LogP contribution in [0.2, 0.25) is 0 Å². The van der Waals surface area contributed by atoms with Crippen LogP contribution in [0.25, 0.3) is 44.9 Å². The fourth-order valence-electron chi connectivity index (χ4n) is 3.43. The summed E-state index contributed by atoms with van der Waals surface area (Å²) in [6.07, 6.45) is 6.08. The van der Waals surface area contributed by atoms with Gasteiger partial charge in [-0.25, -0.2) is 0 Å². The summed E-state index contributed by atoms with van der Waals surface area (Å²) in [4.78, 5) is 0. The molecule has 2 nitrogen and oxygen atoms in total. The summed E-state index contributed by atoms with van der Waals surface area (Å²) in [5.41, 5.74) is 3.66. The summed E-state index contributed by atoms with van der Waals surface area (Å²) in [7, 11) is 0. The average molecular weight is 324 g/mol. The lowest BCUT2D eigenvalue weighted by atomic mass is 10.1. The molecule has 0 aliphatic rings. The third-order valence-corrected chi connectivity index (χ3v) is 5.58. The summed E-state index contributed by atoms with van der Waals surface area (Å²) >= 11 is 5.67. The van der Waals surface area contributed by atoms with Gasteiger partial charge < -0.3 is 7.10 Å². The SMILES string of the molecule is C=C/C=c1\c(=C/C)[n]([Al])c2cc3c4ccccc4[n]([Al])c3cc12. The minimum atomic E-state index is 1.19. The summed E-state index contributed by atoms with van der Waals surface area (Å²) in [5.74, 6) is 0. The van der Waals surface area contributed by atoms with Crippen molar-refractivity contribution in [2.24, 2.45) is 0 Å². The molecule has 0 saturated carbocycles. The second-order valence-electron chi connectivity index (χ2n) is 5.63. The van der Waals surface area contributed by atoms with Gasteiger partial charge in [0.1, 0.15) is 0 Å². The Hall–Kier alpha value is -1.68. The smallest absolute Gasteiger partial charge is 0.318 e. The molecule has 0 amide bonds. The Morgan fingerprint density at radius 1 is 0.913 bits per heavy atom. The van der Waals surface area contributed by atoms with Crippen molar-refractivity contribution in [2.45, 2.75) is 6.92 Å². The minimum absolute atomic E-state index is 1.19. The molecule has 2 aromatic carbocycles. The Morgan fingerprint density at radius 2 is 1.61 bits per heavy atom. The molecule has 0 bridgehead atoms. The first-order chi connectivity index (χ1) is 11.2. The number of allylic oxidation sites excluding steroid dienone is 1. The highest BCUT2D eigenvalue weighted by Crippen LogP contribution is 2.30. The van der Waals surface area contributed by atoms with Crippen molar-refractivity contribution in [1.29, 1.82) is 0 Å². The van der Waals surface area contributed by atoms with E-state index in [1.165, 1.54) is 43.3 Å². The molecule has 23 heavy (non-hydrogen) atoms. The zero-order valence-corrected chi connectivity index (χ0v) is 15.3. The van der Waals surface area contributed by atoms with E-state index in [4.69, 9.17) is 0 Å². The lowest BCUT2D eigenvalue weighted by molar-refractivity contribution is 1.23. The van der Waals surface area contributed by atoms with Crippen molar-refractivity contribution in [3.63, 3.8) is 0 Å². The van der Waals surface area contributed by atoms with Gasteiger partial charge in [-0.3, -0.25) is 0 Å². The highest BCUT2D eigenvalue weighted by atomic mass is 27.1. The number of fused-ring (bicyclic) bond motifs is 4. The van der Waals surface area contributed by atoms with Crippen LogP contribution in [0.15, 0.2) is 49.1 Å². The number of para-hydroxylation sites is 1. The van der Waals surface area contributed by atoms with Crippen LogP contribution >= 0.6 is 0 Å². The van der Waals surface area contributed by atoms with Crippen molar-refractivity contribution >= 4 is 77.9 Å². The van der Waals surface area contributed by atoms with Crippen molar-refractivity contribution < 1.29 is 0 Å². The number of aromatic nitrogens is 2. The summed E-state index contributed by atoms with van der Waals surface area (Å²) < 4.78 is 4.37. The Balaban J connectivity index is 2.34. The van der Waals surface area contributed by atoms with Crippen LogP contribution in [0.5, 0.6) is 0 Å². The number of nitrogens with zero attached hydrogens (tertiary/aromatic N) is 2. The van der Waals surface area contributed by atoms with E-state index in [1.807, 2.05) is 6.08 Å². The molecule has 4 aromatic rings. The lowest BCUT2D eigenvalue weighted by Crippen LogP contribution is -2.27. The molecule has 0 aliphatic heterocycles. The van der Waals surface area contributed by atoms with Gasteiger partial charge in [0.05, 0.1) is 0 Å². The molecule has 0 spiro atoms. The normalized spacial score (nSPS) is 13.6. The van der Waals surface area contributed by atoms with Gasteiger partial charge in [0.25, 0.3) is 0 Å². The molecule has 0 fully saturated rings. The van der Waals surface area contributed by atoms with Crippen LogP contribution < -0.4 is 10.6 Å². The molecule has 106 valence electrons. The summed E-state index contributed by atoms with van der Waals surface area (Å²) in [6.45, 7) is 5.94. The Morgan fingerprint density at radius 3 is 2.35 bits per heavy atom. The summed E-state index contributed by atoms with van der Waals surface area (Å²) in [6, 6.07) is 13.1. The second-order valence-corrected chi connectivity index (χ2v) is 6.67. The molecule has 0 saturated heterocycles. The van der Waals surface area contributed by atoms with E-state index >= 15 is 0 Å². The molecule has 2 heterocycles. The van der Waals surface area contributed by atoms with Gasteiger partial charge in [0, 0.05) is 43.3 Å². The first kappa shape index (κ1) is 14.9. The topological polar surface area (TPSA) is 9.86 Å². The highest BCUT2D eigenvalue weighted by molar-refractivity contribution is 6.24. The molecule has 0 unspecified atom stereocenters. The second kappa shape index (κ2) is 5.45. The van der Waals surface area contributed by atoms with E-state index in [2.05, 4.69) is 102 Å². The van der Waals surface area contributed by atoms with Crippen LogP contribution in [0.4, 0.5) is 0 Å². The van der Waals surface area contributed by atoms with E-state index in [9.17, 15) is 0 Å². The Kier molecular flexibility index (Phi) is 3.53. The van der Waals surface area contributed by atoms with Gasteiger partial charge in [0.15, 0.2) is 0 Å². The van der Waals surface area contributed by atoms with Gasteiger partial charge in [-0.1, -0.05) is 43.0 Å². The van der Waals surface area contributed by atoms with Crippen molar-refractivity contribution in [2.75, 3.05) is 0 Å². The van der Waals surface area contributed by atoms with Gasteiger partial charge >= 0.3 is 33.0 Å². The predicted molar refractivity (Wildman–Crippen MR) is 101 cm³/mol. The molecule has 4 radical (unpaired) electrons. The van der Waals surface area contributed by atoms with E-state index in [1.54, 1.807) is 0 Å². The molecule has 0 atom stereocenters. The molecule has 0 aliphatic carbocycles. The van der Waals surface area contributed by atoms with Gasteiger partial charge in [0.2, 0.25) is 0 Å². The maximum absolute atomic E-state index is 3.87.